The Morgan fingerprint density at radius 3 is 2.80 bits per heavy atom. The predicted octanol–water partition coefficient (Wildman–Crippen LogP) is 1.42. The van der Waals surface area contributed by atoms with Crippen LogP contribution in [-0.2, 0) is 21.2 Å². The minimum absolute atomic E-state index is 0.00802. The van der Waals surface area contributed by atoms with E-state index in [1.54, 1.807) is 12.1 Å². The van der Waals surface area contributed by atoms with Crippen LogP contribution < -0.4 is 5.32 Å². The van der Waals surface area contributed by atoms with Crippen molar-refractivity contribution in [1.82, 2.24) is 10.3 Å². The van der Waals surface area contributed by atoms with Gasteiger partial charge in [-0.25, -0.2) is 13.4 Å². The summed E-state index contributed by atoms with van der Waals surface area (Å²) < 4.78 is 29.0. The van der Waals surface area contributed by atoms with Gasteiger partial charge in [0.2, 0.25) is 15.7 Å². The molecule has 0 unspecified atom stereocenters. The van der Waals surface area contributed by atoms with Gasteiger partial charge < -0.3 is 9.73 Å². The average Bonchev–Trinajstić information content (AvgIpc) is 2.89. The standard InChI is InChI=1S/C12H11ClN2O4S/c13-10-4-1-5-14-12(10)20(17,18)8-11(16)15-7-9-3-2-6-19-9/h1-6H,7-8H2,(H,15,16). The number of carbonyl (C=O) groups excluding carboxylic acids is 1. The number of nitrogens with one attached hydrogen (secondary N) is 1. The summed E-state index contributed by atoms with van der Waals surface area (Å²) >= 11 is 5.76. The third kappa shape index (κ3) is 3.58. The molecule has 2 heterocycles. The number of nitrogens with zero attached hydrogens (tertiary/aromatic N) is 1. The molecular weight excluding hydrogens is 304 g/mol. The fourth-order valence-corrected chi connectivity index (χ4v) is 3.14. The van der Waals surface area contributed by atoms with Gasteiger partial charge in [-0.3, -0.25) is 4.79 Å². The minimum Gasteiger partial charge on any atom is -0.467 e. The molecule has 0 radical (unpaired) electrons. The van der Waals surface area contributed by atoms with E-state index in [1.807, 2.05) is 0 Å². The van der Waals surface area contributed by atoms with Gasteiger partial charge in [0, 0.05) is 6.20 Å². The molecule has 1 N–H and O–H groups in total. The van der Waals surface area contributed by atoms with E-state index in [4.69, 9.17) is 16.0 Å². The lowest BCUT2D eigenvalue weighted by molar-refractivity contribution is -0.118. The Morgan fingerprint density at radius 1 is 1.35 bits per heavy atom. The second kappa shape index (κ2) is 6.06. The van der Waals surface area contributed by atoms with Crippen LogP contribution >= 0.6 is 11.6 Å². The van der Waals surface area contributed by atoms with E-state index in [9.17, 15) is 13.2 Å². The number of carbonyl (C=O) groups is 1. The number of sulfone groups is 1. The zero-order valence-electron chi connectivity index (χ0n) is 10.2. The van der Waals surface area contributed by atoms with Crippen molar-refractivity contribution < 1.29 is 17.6 Å². The van der Waals surface area contributed by atoms with E-state index in [1.165, 1.54) is 24.6 Å². The predicted molar refractivity (Wildman–Crippen MR) is 71.9 cm³/mol. The molecular formula is C12H11ClN2O4S. The molecule has 0 aromatic carbocycles. The summed E-state index contributed by atoms with van der Waals surface area (Å²) in [6, 6.07) is 6.26. The van der Waals surface area contributed by atoms with Gasteiger partial charge in [-0.1, -0.05) is 11.6 Å². The maximum Gasteiger partial charge on any atom is 0.236 e. The quantitative estimate of drug-likeness (QED) is 0.901. The molecule has 8 heteroatoms. The summed E-state index contributed by atoms with van der Waals surface area (Å²) in [4.78, 5) is 15.3. The highest BCUT2D eigenvalue weighted by atomic mass is 35.5. The highest BCUT2D eigenvalue weighted by molar-refractivity contribution is 7.92. The van der Waals surface area contributed by atoms with Crippen LogP contribution in [0.2, 0.25) is 5.02 Å². The van der Waals surface area contributed by atoms with Gasteiger partial charge in [0.05, 0.1) is 17.8 Å². The largest absolute Gasteiger partial charge is 0.467 e. The molecule has 0 saturated carbocycles. The molecule has 0 saturated heterocycles. The number of halogens is 1. The number of amides is 1. The summed E-state index contributed by atoms with van der Waals surface area (Å²) in [6.45, 7) is 0.122. The molecule has 106 valence electrons. The normalized spacial score (nSPS) is 11.2. The number of hydrogen-bond donors (Lipinski definition) is 1. The Balaban J connectivity index is 2.01. The lowest BCUT2D eigenvalue weighted by Gasteiger charge is -2.05. The fourth-order valence-electron chi connectivity index (χ4n) is 1.49. The molecule has 0 aliphatic heterocycles. The third-order valence-corrected chi connectivity index (χ3v) is 4.35. The first-order valence-electron chi connectivity index (χ1n) is 5.61. The molecule has 0 spiro atoms. The van der Waals surface area contributed by atoms with Crippen molar-refractivity contribution in [2.45, 2.75) is 11.6 Å². The Kier molecular flexibility index (Phi) is 4.41. The van der Waals surface area contributed by atoms with Crippen molar-refractivity contribution in [1.29, 1.82) is 0 Å². The maximum absolute atomic E-state index is 12.0. The van der Waals surface area contributed by atoms with Crippen LogP contribution in [0.5, 0.6) is 0 Å². The van der Waals surface area contributed by atoms with Gasteiger partial charge in [-0.15, -0.1) is 0 Å². The van der Waals surface area contributed by atoms with Gasteiger partial charge in [0.15, 0.2) is 5.03 Å². The minimum atomic E-state index is -3.87. The molecule has 20 heavy (non-hydrogen) atoms. The van der Waals surface area contributed by atoms with Gasteiger partial charge >= 0.3 is 0 Å². The molecule has 6 nitrogen and oxygen atoms in total. The van der Waals surface area contributed by atoms with Crippen molar-refractivity contribution >= 4 is 27.3 Å². The van der Waals surface area contributed by atoms with Crippen molar-refractivity contribution in [2.24, 2.45) is 0 Å². The highest BCUT2D eigenvalue weighted by Gasteiger charge is 2.23. The van der Waals surface area contributed by atoms with Crippen LogP contribution in [0, 0.1) is 0 Å². The van der Waals surface area contributed by atoms with E-state index in [0.29, 0.717) is 5.76 Å². The maximum atomic E-state index is 12.0. The van der Waals surface area contributed by atoms with Crippen LogP contribution in [0.3, 0.4) is 0 Å². The molecule has 0 atom stereocenters. The SMILES string of the molecule is O=C(CS(=O)(=O)c1ncccc1Cl)NCc1ccco1. The van der Waals surface area contributed by atoms with Crippen LogP contribution in [0.1, 0.15) is 5.76 Å². The van der Waals surface area contributed by atoms with Crippen LogP contribution in [-0.4, -0.2) is 25.1 Å². The molecule has 0 bridgehead atoms. The zero-order chi connectivity index (χ0) is 14.6. The summed E-state index contributed by atoms with van der Waals surface area (Å²) in [5, 5.41) is 2.14. The number of aromatic nitrogens is 1. The lowest BCUT2D eigenvalue weighted by atomic mass is 10.4. The van der Waals surface area contributed by atoms with Crippen LogP contribution in [0.25, 0.3) is 0 Å². The molecule has 1 amide bonds. The van der Waals surface area contributed by atoms with E-state index >= 15 is 0 Å². The second-order valence-electron chi connectivity index (χ2n) is 3.91. The fraction of sp³-hybridized carbons (Fsp3) is 0.167. The van der Waals surface area contributed by atoms with Crippen molar-refractivity contribution in [3.8, 4) is 0 Å². The topological polar surface area (TPSA) is 89.3 Å². The van der Waals surface area contributed by atoms with Crippen molar-refractivity contribution in [3.05, 3.63) is 47.5 Å². The van der Waals surface area contributed by atoms with Crippen LogP contribution in [0.4, 0.5) is 0 Å². The number of rotatable bonds is 5. The molecule has 2 rings (SSSR count). The summed E-state index contributed by atoms with van der Waals surface area (Å²) in [7, 11) is -3.87. The first-order valence-corrected chi connectivity index (χ1v) is 7.64. The van der Waals surface area contributed by atoms with E-state index in [2.05, 4.69) is 10.3 Å². The van der Waals surface area contributed by atoms with E-state index in [-0.39, 0.29) is 16.6 Å². The first kappa shape index (κ1) is 14.5. The summed E-state index contributed by atoms with van der Waals surface area (Å²) in [5.74, 6) is -0.834. The first-order chi connectivity index (χ1) is 9.49. The molecule has 0 aliphatic carbocycles. The summed E-state index contributed by atoms with van der Waals surface area (Å²) in [6.07, 6.45) is 2.77. The Labute approximate surface area is 120 Å². The van der Waals surface area contributed by atoms with Crippen molar-refractivity contribution in [2.75, 3.05) is 5.75 Å². The summed E-state index contributed by atoms with van der Waals surface area (Å²) in [5.41, 5.74) is 0. The Hall–Kier alpha value is -1.86. The van der Waals surface area contributed by atoms with Crippen LogP contribution in [0.15, 0.2) is 46.2 Å². The molecule has 0 fully saturated rings. The van der Waals surface area contributed by atoms with Gasteiger partial charge in [-0.2, -0.15) is 0 Å². The average molecular weight is 315 g/mol. The number of hydrogen-bond acceptors (Lipinski definition) is 5. The lowest BCUT2D eigenvalue weighted by Crippen LogP contribution is -2.30. The number of furan rings is 1. The highest BCUT2D eigenvalue weighted by Crippen LogP contribution is 2.18. The van der Waals surface area contributed by atoms with Gasteiger partial charge in [0.1, 0.15) is 11.5 Å². The van der Waals surface area contributed by atoms with Crippen molar-refractivity contribution in [3.63, 3.8) is 0 Å². The third-order valence-electron chi connectivity index (χ3n) is 2.38. The Morgan fingerprint density at radius 2 is 2.15 bits per heavy atom. The van der Waals surface area contributed by atoms with E-state index < -0.39 is 21.5 Å². The van der Waals surface area contributed by atoms with E-state index in [0.717, 1.165) is 0 Å². The Bertz CT molecular complexity index is 698. The van der Waals surface area contributed by atoms with Gasteiger partial charge in [0.25, 0.3) is 0 Å². The smallest absolute Gasteiger partial charge is 0.236 e. The number of pyridine rings is 1. The molecule has 2 aromatic rings. The van der Waals surface area contributed by atoms with Gasteiger partial charge in [-0.05, 0) is 24.3 Å². The molecule has 2 aromatic heterocycles. The zero-order valence-corrected chi connectivity index (χ0v) is 11.8. The monoisotopic (exact) mass is 314 g/mol. The molecule has 0 aliphatic rings. The second-order valence-corrected chi connectivity index (χ2v) is 6.22.